The largest absolute Gasteiger partial charge is 0.294 e. The first kappa shape index (κ1) is 14.1. The molecule has 20 heavy (non-hydrogen) atoms. The van der Waals surface area contributed by atoms with E-state index in [2.05, 4.69) is 4.98 Å². The molecule has 0 radical (unpaired) electrons. The Morgan fingerprint density at radius 3 is 2.80 bits per heavy atom. The van der Waals surface area contributed by atoms with E-state index in [1.807, 2.05) is 13.0 Å². The molecule has 5 nitrogen and oxygen atoms in total. The van der Waals surface area contributed by atoms with Crippen LogP contribution in [-0.4, -0.2) is 15.7 Å². The molecule has 0 aliphatic rings. The maximum Gasteiger partial charge on any atom is 0.271 e. The average Bonchev–Trinajstić information content (AvgIpc) is 2.40. The third-order valence-electron chi connectivity index (χ3n) is 2.86. The second-order valence-electron chi connectivity index (χ2n) is 4.32. The van der Waals surface area contributed by atoms with E-state index in [0.29, 0.717) is 5.69 Å². The summed E-state index contributed by atoms with van der Waals surface area (Å²) < 4.78 is 0. The summed E-state index contributed by atoms with van der Waals surface area (Å²) in [5.74, 6) is -0.252. The summed E-state index contributed by atoms with van der Waals surface area (Å²) in [5.41, 5.74) is 1.57. The molecule has 0 unspecified atom stereocenters. The molecule has 2 aromatic rings. The fourth-order valence-electron chi connectivity index (χ4n) is 1.80. The van der Waals surface area contributed by atoms with Gasteiger partial charge in [-0.15, -0.1) is 0 Å². The molecule has 1 aromatic carbocycles. The molecule has 102 valence electrons. The molecule has 0 saturated carbocycles. The molecule has 2 rings (SSSR count). The lowest BCUT2D eigenvalue weighted by atomic mass is 10.0. The molecule has 6 heteroatoms. The highest BCUT2D eigenvalue weighted by Crippen LogP contribution is 2.22. The second-order valence-corrected chi connectivity index (χ2v) is 4.76. The van der Waals surface area contributed by atoms with Gasteiger partial charge in [0.05, 0.1) is 17.0 Å². The first-order valence-corrected chi connectivity index (χ1v) is 6.24. The zero-order chi connectivity index (χ0) is 14.7. The highest BCUT2D eigenvalue weighted by Gasteiger charge is 2.15. The van der Waals surface area contributed by atoms with Crippen LogP contribution < -0.4 is 0 Å². The van der Waals surface area contributed by atoms with Crippen molar-refractivity contribution >= 4 is 23.1 Å². The molecule has 0 fully saturated rings. The van der Waals surface area contributed by atoms with Crippen LogP contribution in [0.25, 0.3) is 0 Å². The van der Waals surface area contributed by atoms with Crippen LogP contribution >= 0.6 is 11.6 Å². The molecular formula is C14H11ClN2O3. The van der Waals surface area contributed by atoms with Crippen LogP contribution in [0.15, 0.2) is 36.5 Å². The first-order valence-electron chi connectivity index (χ1n) is 5.86. The number of aryl methyl sites for hydroxylation is 1. The predicted octanol–water partition coefficient (Wildman–Crippen LogP) is 3.38. The maximum absolute atomic E-state index is 12.2. The first-order chi connectivity index (χ1) is 9.47. The topological polar surface area (TPSA) is 73.1 Å². The third-order valence-corrected chi connectivity index (χ3v) is 3.08. The molecule has 0 aliphatic carbocycles. The number of hydrogen-bond donors (Lipinski definition) is 0. The van der Waals surface area contributed by atoms with Crippen LogP contribution in [0.2, 0.25) is 5.02 Å². The van der Waals surface area contributed by atoms with Gasteiger partial charge in [0, 0.05) is 28.9 Å². The monoisotopic (exact) mass is 290 g/mol. The fourth-order valence-corrected chi connectivity index (χ4v) is 2.03. The van der Waals surface area contributed by atoms with Gasteiger partial charge in [-0.05, 0) is 24.6 Å². The number of pyridine rings is 1. The van der Waals surface area contributed by atoms with Gasteiger partial charge in [-0.3, -0.25) is 19.9 Å². The summed E-state index contributed by atoms with van der Waals surface area (Å²) in [4.78, 5) is 26.5. The number of rotatable bonds is 4. The zero-order valence-electron chi connectivity index (χ0n) is 10.7. The standard InChI is InChI=1S/C14H11ClN2O3/c1-9-3-2-4-16-13(9)8-14(18)10-5-11(15)7-12(6-10)17(19)20/h2-7H,8H2,1H3. The van der Waals surface area contributed by atoms with Crippen molar-refractivity contribution in [1.29, 1.82) is 0 Å². The number of nitrogens with zero attached hydrogens (tertiary/aromatic N) is 2. The number of nitro benzene ring substituents is 1. The molecule has 1 heterocycles. The number of non-ortho nitro benzene ring substituents is 1. The van der Waals surface area contributed by atoms with Crippen LogP contribution in [0.4, 0.5) is 5.69 Å². The average molecular weight is 291 g/mol. The Balaban J connectivity index is 2.30. The number of carbonyl (C=O) groups is 1. The van der Waals surface area contributed by atoms with Gasteiger partial charge >= 0.3 is 0 Å². The Kier molecular flexibility index (Phi) is 4.10. The summed E-state index contributed by atoms with van der Waals surface area (Å²) in [7, 11) is 0. The second kappa shape index (κ2) is 5.79. The van der Waals surface area contributed by atoms with Crippen LogP contribution in [0, 0.1) is 17.0 Å². The number of benzene rings is 1. The van der Waals surface area contributed by atoms with Crippen LogP contribution in [0.5, 0.6) is 0 Å². The van der Waals surface area contributed by atoms with E-state index in [4.69, 9.17) is 11.6 Å². The lowest BCUT2D eigenvalue weighted by Crippen LogP contribution is -2.07. The molecule has 1 aromatic heterocycles. The lowest BCUT2D eigenvalue weighted by Gasteiger charge is -2.04. The molecule has 0 N–H and O–H groups in total. The van der Waals surface area contributed by atoms with Crippen LogP contribution in [0.3, 0.4) is 0 Å². The Bertz CT molecular complexity index is 686. The van der Waals surface area contributed by atoms with Crippen LogP contribution in [-0.2, 0) is 6.42 Å². The van der Waals surface area contributed by atoms with Gasteiger partial charge in [0.1, 0.15) is 0 Å². The van der Waals surface area contributed by atoms with Crippen molar-refractivity contribution in [3.05, 3.63) is 68.5 Å². The predicted molar refractivity (Wildman–Crippen MR) is 75.1 cm³/mol. The Morgan fingerprint density at radius 1 is 1.40 bits per heavy atom. The minimum Gasteiger partial charge on any atom is -0.294 e. The van der Waals surface area contributed by atoms with Crippen molar-refractivity contribution in [3.8, 4) is 0 Å². The number of Topliss-reactive ketones (excluding diaryl/α,β-unsaturated/α-hetero) is 1. The Hall–Kier alpha value is -2.27. The van der Waals surface area contributed by atoms with E-state index >= 15 is 0 Å². The summed E-state index contributed by atoms with van der Waals surface area (Å²) in [6.45, 7) is 1.86. The van der Waals surface area contributed by atoms with Gasteiger partial charge < -0.3 is 0 Å². The number of carbonyl (C=O) groups excluding carboxylic acids is 1. The molecule has 0 bridgehead atoms. The normalized spacial score (nSPS) is 10.3. The number of hydrogen-bond acceptors (Lipinski definition) is 4. The number of aromatic nitrogens is 1. The van der Waals surface area contributed by atoms with Crippen molar-refractivity contribution in [3.63, 3.8) is 0 Å². The number of nitro groups is 1. The zero-order valence-corrected chi connectivity index (χ0v) is 11.4. The van der Waals surface area contributed by atoms with E-state index in [-0.39, 0.29) is 28.5 Å². The summed E-state index contributed by atoms with van der Waals surface area (Å²) in [6, 6.07) is 7.51. The fraction of sp³-hybridized carbons (Fsp3) is 0.143. The van der Waals surface area contributed by atoms with Crippen LogP contribution in [0.1, 0.15) is 21.6 Å². The molecule has 0 spiro atoms. The van der Waals surface area contributed by atoms with Gasteiger partial charge in [0.25, 0.3) is 5.69 Å². The highest BCUT2D eigenvalue weighted by atomic mass is 35.5. The molecule has 0 aliphatic heterocycles. The van der Waals surface area contributed by atoms with Crippen molar-refractivity contribution in [2.75, 3.05) is 0 Å². The summed E-state index contributed by atoms with van der Waals surface area (Å²) >= 11 is 5.80. The van der Waals surface area contributed by atoms with E-state index in [1.54, 1.807) is 12.3 Å². The number of ketones is 1. The summed E-state index contributed by atoms with van der Waals surface area (Å²) in [5, 5.41) is 10.9. The van der Waals surface area contributed by atoms with Gasteiger partial charge in [0.15, 0.2) is 5.78 Å². The highest BCUT2D eigenvalue weighted by molar-refractivity contribution is 6.31. The Labute approximate surface area is 120 Å². The van der Waals surface area contributed by atoms with Crippen molar-refractivity contribution in [2.24, 2.45) is 0 Å². The van der Waals surface area contributed by atoms with Crippen molar-refractivity contribution in [1.82, 2.24) is 4.98 Å². The van der Waals surface area contributed by atoms with Gasteiger partial charge in [-0.1, -0.05) is 17.7 Å². The van der Waals surface area contributed by atoms with Gasteiger partial charge in [-0.2, -0.15) is 0 Å². The smallest absolute Gasteiger partial charge is 0.271 e. The van der Waals surface area contributed by atoms with Gasteiger partial charge in [-0.25, -0.2) is 0 Å². The van der Waals surface area contributed by atoms with E-state index in [1.165, 1.54) is 18.2 Å². The third kappa shape index (κ3) is 3.19. The van der Waals surface area contributed by atoms with E-state index < -0.39 is 4.92 Å². The minimum absolute atomic E-state index is 0.0875. The molecule has 0 atom stereocenters. The maximum atomic E-state index is 12.2. The van der Waals surface area contributed by atoms with E-state index in [0.717, 1.165) is 5.56 Å². The summed E-state index contributed by atoms with van der Waals surface area (Å²) in [6.07, 6.45) is 1.69. The van der Waals surface area contributed by atoms with E-state index in [9.17, 15) is 14.9 Å². The lowest BCUT2D eigenvalue weighted by molar-refractivity contribution is -0.384. The number of halogens is 1. The molecule has 0 saturated heterocycles. The minimum atomic E-state index is -0.575. The van der Waals surface area contributed by atoms with Crippen molar-refractivity contribution in [2.45, 2.75) is 13.3 Å². The van der Waals surface area contributed by atoms with Gasteiger partial charge in [0.2, 0.25) is 0 Å². The Morgan fingerprint density at radius 2 is 2.15 bits per heavy atom. The SMILES string of the molecule is Cc1cccnc1CC(=O)c1cc(Cl)cc([N+](=O)[O-])c1. The molecular weight excluding hydrogens is 280 g/mol. The quantitative estimate of drug-likeness (QED) is 0.491. The molecule has 0 amide bonds. The van der Waals surface area contributed by atoms with Crippen molar-refractivity contribution < 1.29 is 9.72 Å².